The zero-order chi connectivity index (χ0) is 19.5. The normalized spacial score (nSPS) is 11.8. The van der Waals surface area contributed by atoms with Crippen molar-refractivity contribution in [1.82, 2.24) is 10.6 Å². The number of hydrogen-bond acceptors (Lipinski definition) is 4. The number of rotatable bonds is 17. The van der Waals surface area contributed by atoms with Crippen LogP contribution in [0.3, 0.4) is 0 Å². The molecular formula is C19H38N2O4S. The number of allylic oxidation sites excluding steroid dienone is 2. The molecule has 0 aromatic rings. The molecule has 0 fully saturated rings. The first-order valence-corrected chi connectivity index (χ1v) is 11.5. The molecule has 0 bridgehead atoms. The average molecular weight is 391 g/mol. The number of amides is 2. The summed E-state index contributed by atoms with van der Waals surface area (Å²) in [5.74, 6) is 0.115. The van der Waals surface area contributed by atoms with Gasteiger partial charge in [-0.3, -0.25) is 4.18 Å². The summed E-state index contributed by atoms with van der Waals surface area (Å²) < 4.78 is 26.7. The van der Waals surface area contributed by atoms with Crippen molar-refractivity contribution >= 4 is 16.1 Å². The molecule has 2 amide bonds. The Morgan fingerprint density at radius 1 is 0.846 bits per heavy atom. The van der Waals surface area contributed by atoms with Crippen LogP contribution in [-0.2, 0) is 14.3 Å². The Morgan fingerprint density at radius 3 is 1.96 bits per heavy atom. The molecule has 26 heavy (non-hydrogen) atoms. The lowest BCUT2D eigenvalue weighted by molar-refractivity contribution is 0.240. The van der Waals surface area contributed by atoms with E-state index in [2.05, 4.69) is 33.9 Å². The third kappa shape index (κ3) is 17.7. The van der Waals surface area contributed by atoms with Crippen LogP contribution in [0.2, 0.25) is 0 Å². The second kappa shape index (κ2) is 17.3. The lowest BCUT2D eigenvalue weighted by atomic mass is 10.1. The molecule has 0 aliphatic rings. The lowest BCUT2D eigenvalue weighted by Gasteiger charge is -2.06. The first kappa shape index (κ1) is 24.9. The van der Waals surface area contributed by atoms with E-state index < -0.39 is 10.1 Å². The first-order valence-electron chi connectivity index (χ1n) is 9.97. The maximum Gasteiger partial charge on any atom is 0.314 e. The van der Waals surface area contributed by atoms with Crippen molar-refractivity contribution in [3.05, 3.63) is 12.2 Å². The van der Waals surface area contributed by atoms with Gasteiger partial charge in [-0.25, -0.2) is 4.79 Å². The quantitative estimate of drug-likeness (QED) is 0.222. The molecule has 0 spiro atoms. The van der Waals surface area contributed by atoms with E-state index in [9.17, 15) is 13.2 Å². The van der Waals surface area contributed by atoms with Crippen molar-refractivity contribution < 1.29 is 17.4 Å². The van der Waals surface area contributed by atoms with Crippen molar-refractivity contribution in [2.45, 2.75) is 77.6 Å². The summed E-state index contributed by atoms with van der Waals surface area (Å²) in [6.07, 6.45) is 15.6. The summed E-state index contributed by atoms with van der Waals surface area (Å²) >= 11 is 0. The lowest BCUT2D eigenvalue weighted by Crippen LogP contribution is -2.36. The number of carbonyl (C=O) groups is 1. The van der Waals surface area contributed by atoms with Gasteiger partial charge >= 0.3 is 6.03 Å². The van der Waals surface area contributed by atoms with Gasteiger partial charge in [-0.05, 0) is 44.9 Å². The minimum atomic E-state index is -3.29. The maximum absolute atomic E-state index is 11.5. The molecule has 0 heterocycles. The Kier molecular flexibility index (Phi) is 16.6. The van der Waals surface area contributed by atoms with Crippen LogP contribution in [0.1, 0.15) is 77.6 Å². The fraction of sp³-hybridized carbons (Fsp3) is 0.842. The zero-order valence-electron chi connectivity index (χ0n) is 16.6. The fourth-order valence-corrected chi connectivity index (χ4v) is 3.17. The second-order valence-electron chi connectivity index (χ2n) is 6.49. The van der Waals surface area contributed by atoms with Crippen LogP contribution in [0, 0.1) is 0 Å². The molecule has 0 aliphatic carbocycles. The van der Waals surface area contributed by atoms with E-state index in [0.29, 0.717) is 6.42 Å². The Balaban J connectivity index is 3.32. The molecule has 0 saturated carbocycles. The van der Waals surface area contributed by atoms with E-state index in [1.807, 2.05) is 0 Å². The maximum atomic E-state index is 11.5. The standard InChI is InChI=1S/C19H38N2O4S/c1-3-4-13-16-20-19(22)21-17-14-11-9-7-5-6-8-10-12-15-18-26(23,24)25-2/h5,7H,3-4,6,8-18H2,1-2H3,(H2,20,21,22)/b7-5-. The highest BCUT2D eigenvalue weighted by Gasteiger charge is 2.06. The molecule has 0 saturated heterocycles. The smallest absolute Gasteiger partial charge is 0.314 e. The zero-order valence-corrected chi connectivity index (χ0v) is 17.4. The van der Waals surface area contributed by atoms with Gasteiger partial charge in [-0.1, -0.05) is 44.8 Å². The monoisotopic (exact) mass is 390 g/mol. The van der Waals surface area contributed by atoms with Gasteiger partial charge in [0.25, 0.3) is 10.1 Å². The Hall–Kier alpha value is -1.08. The predicted molar refractivity (Wildman–Crippen MR) is 108 cm³/mol. The van der Waals surface area contributed by atoms with Gasteiger partial charge in [0, 0.05) is 13.1 Å². The molecule has 0 aromatic heterocycles. The molecule has 0 radical (unpaired) electrons. The molecule has 154 valence electrons. The summed E-state index contributed by atoms with van der Waals surface area (Å²) in [7, 11) is -2.08. The van der Waals surface area contributed by atoms with Crippen molar-refractivity contribution in [2.75, 3.05) is 26.0 Å². The van der Waals surface area contributed by atoms with Crippen LogP contribution in [0.5, 0.6) is 0 Å². The summed E-state index contributed by atoms with van der Waals surface area (Å²) in [5, 5.41) is 5.74. The van der Waals surface area contributed by atoms with Gasteiger partial charge in [-0.15, -0.1) is 0 Å². The van der Waals surface area contributed by atoms with Crippen LogP contribution >= 0.6 is 0 Å². The molecule has 0 atom stereocenters. The third-order valence-corrected chi connectivity index (χ3v) is 5.38. The summed E-state index contributed by atoms with van der Waals surface area (Å²) in [4.78, 5) is 11.5. The van der Waals surface area contributed by atoms with Gasteiger partial charge in [0.05, 0.1) is 12.9 Å². The SMILES string of the molecule is CCCCCNC(=O)NCCCC/C=C\CCCCCCS(=O)(=O)OC. The van der Waals surface area contributed by atoms with E-state index in [1.165, 1.54) is 7.11 Å². The van der Waals surface area contributed by atoms with E-state index in [-0.39, 0.29) is 11.8 Å². The fourth-order valence-electron chi connectivity index (χ4n) is 2.44. The van der Waals surface area contributed by atoms with Crippen molar-refractivity contribution in [1.29, 1.82) is 0 Å². The molecule has 7 heteroatoms. The highest BCUT2D eigenvalue weighted by molar-refractivity contribution is 7.86. The van der Waals surface area contributed by atoms with Crippen LogP contribution in [0.25, 0.3) is 0 Å². The van der Waals surface area contributed by atoms with E-state index in [1.54, 1.807) is 0 Å². The number of carbonyl (C=O) groups excluding carboxylic acids is 1. The first-order chi connectivity index (χ1) is 12.5. The van der Waals surface area contributed by atoms with Crippen LogP contribution in [-0.4, -0.2) is 40.4 Å². The largest absolute Gasteiger partial charge is 0.338 e. The number of nitrogens with one attached hydrogen (secondary N) is 2. The topological polar surface area (TPSA) is 84.5 Å². The number of hydrogen-bond donors (Lipinski definition) is 2. The van der Waals surface area contributed by atoms with E-state index in [4.69, 9.17) is 0 Å². The average Bonchev–Trinajstić information content (AvgIpc) is 2.62. The molecule has 0 rings (SSSR count). The number of unbranched alkanes of at least 4 members (excludes halogenated alkanes) is 8. The minimum Gasteiger partial charge on any atom is -0.338 e. The van der Waals surface area contributed by atoms with Crippen molar-refractivity contribution in [3.63, 3.8) is 0 Å². The highest BCUT2D eigenvalue weighted by atomic mass is 32.2. The third-order valence-electron chi connectivity index (χ3n) is 4.08. The Labute approximate surface area is 160 Å². The highest BCUT2D eigenvalue weighted by Crippen LogP contribution is 2.07. The second-order valence-corrected chi connectivity index (χ2v) is 8.35. The van der Waals surface area contributed by atoms with E-state index in [0.717, 1.165) is 77.3 Å². The van der Waals surface area contributed by atoms with E-state index >= 15 is 0 Å². The Bertz CT molecular complexity index is 464. The van der Waals surface area contributed by atoms with Crippen LogP contribution < -0.4 is 10.6 Å². The molecule has 0 aromatic carbocycles. The molecule has 6 nitrogen and oxygen atoms in total. The molecule has 0 unspecified atom stereocenters. The van der Waals surface area contributed by atoms with Crippen molar-refractivity contribution in [2.24, 2.45) is 0 Å². The minimum absolute atomic E-state index is 0.0602. The molecule has 0 aliphatic heterocycles. The van der Waals surface area contributed by atoms with Crippen LogP contribution in [0.15, 0.2) is 12.2 Å². The summed E-state index contributed by atoms with van der Waals surface area (Å²) in [6.45, 7) is 3.62. The van der Waals surface area contributed by atoms with Gasteiger partial charge in [0.2, 0.25) is 0 Å². The predicted octanol–water partition coefficient (Wildman–Crippen LogP) is 4.13. The van der Waals surface area contributed by atoms with Gasteiger partial charge in [0.15, 0.2) is 0 Å². The van der Waals surface area contributed by atoms with Crippen LogP contribution in [0.4, 0.5) is 4.79 Å². The summed E-state index contributed by atoms with van der Waals surface area (Å²) in [6, 6.07) is -0.0602. The van der Waals surface area contributed by atoms with Crippen molar-refractivity contribution in [3.8, 4) is 0 Å². The molecular weight excluding hydrogens is 352 g/mol. The summed E-state index contributed by atoms with van der Waals surface area (Å²) in [5.41, 5.74) is 0. The van der Waals surface area contributed by atoms with Gasteiger partial charge in [-0.2, -0.15) is 8.42 Å². The van der Waals surface area contributed by atoms with Gasteiger partial charge < -0.3 is 10.6 Å². The Morgan fingerprint density at radius 2 is 1.38 bits per heavy atom. The van der Waals surface area contributed by atoms with Gasteiger partial charge in [0.1, 0.15) is 0 Å². The number of urea groups is 1. The molecule has 2 N–H and O–H groups in total.